The van der Waals surface area contributed by atoms with Crippen LogP contribution in [0.15, 0.2) is 42.5 Å². The molecule has 0 fully saturated rings. The van der Waals surface area contributed by atoms with E-state index in [4.69, 9.17) is 23.2 Å². The molecule has 2 heteroatoms. The van der Waals surface area contributed by atoms with Crippen LogP contribution < -0.4 is 0 Å². The van der Waals surface area contributed by atoms with E-state index in [0.29, 0.717) is 0 Å². The molecule has 2 rings (SSSR count). The Morgan fingerprint density at radius 3 is 2.12 bits per heavy atom. The van der Waals surface area contributed by atoms with Crippen molar-refractivity contribution >= 4 is 23.2 Å². The first-order valence-corrected chi connectivity index (χ1v) is 6.00. The summed E-state index contributed by atoms with van der Waals surface area (Å²) >= 11 is 11.9. The molecular weight excluding hydrogens is 239 g/mol. The summed E-state index contributed by atoms with van der Waals surface area (Å²) in [6.07, 6.45) is 0.971. The third-order valence-corrected chi connectivity index (χ3v) is 3.09. The lowest BCUT2D eigenvalue weighted by molar-refractivity contribution is 1.14. The molecule has 0 spiro atoms. The van der Waals surface area contributed by atoms with Crippen LogP contribution in [-0.4, -0.2) is 0 Å². The number of rotatable bonds is 2. The monoisotopic (exact) mass is 250 g/mol. The van der Waals surface area contributed by atoms with Crippen molar-refractivity contribution in [1.82, 2.24) is 0 Å². The molecule has 0 aliphatic carbocycles. The first kappa shape index (κ1) is 11.5. The highest BCUT2D eigenvalue weighted by Crippen LogP contribution is 2.27. The molecule has 2 aromatic rings. The highest BCUT2D eigenvalue weighted by molar-refractivity contribution is 6.31. The Morgan fingerprint density at radius 1 is 0.875 bits per heavy atom. The first-order chi connectivity index (χ1) is 7.70. The molecule has 0 saturated heterocycles. The van der Waals surface area contributed by atoms with Gasteiger partial charge in [0, 0.05) is 10.0 Å². The second-order valence-corrected chi connectivity index (χ2v) is 4.53. The van der Waals surface area contributed by atoms with Gasteiger partial charge in [-0.2, -0.15) is 0 Å². The molecule has 0 bridgehead atoms. The Labute approximate surface area is 106 Å². The van der Waals surface area contributed by atoms with Crippen LogP contribution in [0.25, 0.3) is 11.1 Å². The average molecular weight is 251 g/mol. The van der Waals surface area contributed by atoms with E-state index in [1.807, 2.05) is 36.4 Å². The van der Waals surface area contributed by atoms with Crippen LogP contribution in [0.1, 0.15) is 12.5 Å². The summed E-state index contributed by atoms with van der Waals surface area (Å²) in [6.45, 7) is 2.13. The Balaban J connectivity index is 2.51. The predicted molar refractivity (Wildman–Crippen MR) is 71.3 cm³/mol. The zero-order chi connectivity index (χ0) is 11.5. The van der Waals surface area contributed by atoms with E-state index < -0.39 is 0 Å². The van der Waals surface area contributed by atoms with Gasteiger partial charge in [-0.3, -0.25) is 0 Å². The van der Waals surface area contributed by atoms with Gasteiger partial charge in [-0.05, 0) is 47.4 Å². The maximum atomic E-state index is 5.99. The Hall–Kier alpha value is -0.980. The lowest BCUT2D eigenvalue weighted by Gasteiger charge is -2.08. The fraction of sp³-hybridized carbons (Fsp3) is 0.143. The number of hydrogen-bond donors (Lipinski definition) is 0. The van der Waals surface area contributed by atoms with Gasteiger partial charge in [0.05, 0.1) is 0 Å². The molecule has 82 valence electrons. The topological polar surface area (TPSA) is 0 Å². The van der Waals surface area contributed by atoms with Crippen molar-refractivity contribution in [1.29, 1.82) is 0 Å². The molecule has 0 aliphatic rings. The maximum Gasteiger partial charge on any atom is 0.0409 e. The van der Waals surface area contributed by atoms with Crippen LogP contribution in [0, 0.1) is 0 Å². The molecule has 0 aliphatic heterocycles. The first-order valence-electron chi connectivity index (χ1n) is 5.25. The van der Waals surface area contributed by atoms with Gasteiger partial charge in [-0.15, -0.1) is 0 Å². The molecule has 0 heterocycles. The van der Waals surface area contributed by atoms with E-state index in [1.54, 1.807) is 0 Å². The smallest absolute Gasteiger partial charge is 0.0409 e. The van der Waals surface area contributed by atoms with Gasteiger partial charge in [0.15, 0.2) is 0 Å². The maximum absolute atomic E-state index is 5.99. The molecule has 2 aromatic carbocycles. The van der Waals surface area contributed by atoms with E-state index in [1.165, 1.54) is 16.7 Å². The van der Waals surface area contributed by atoms with Crippen LogP contribution >= 0.6 is 23.2 Å². The van der Waals surface area contributed by atoms with E-state index in [-0.39, 0.29) is 0 Å². The van der Waals surface area contributed by atoms with E-state index in [0.717, 1.165) is 16.5 Å². The van der Waals surface area contributed by atoms with Gasteiger partial charge in [0.2, 0.25) is 0 Å². The largest absolute Gasteiger partial charge is 0.0843 e. The normalized spacial score (nSPS) is 10.4. The number of hydrogen-bond acceptors (Lipinski definition) is 0. The second kappa shape index (κ2) is 4.90. The lowest BCUT2D eigenvalue weighted by Crippen LogP contribution is -1.87. The zero-order valence-corrected chi connectivity index (χ0v) is 10.5. The van der Waals surface area contributed by atoms with Crippen molar-refractivity contribution < 1.29 is 0 Å². The molecule has 0 nitrogen and oxygen atoms in total. The van der Waals surface area contributed by atoms with Crippen molar-refractivity contribution in [2.45, 2.75) is 13.3 Å². The van der Waals surface area contributed by atoms with Gasteiger partial charge in [-0.1, -0.05) is 48.3 Å². The molecule has 0 saturated carbocycles. The highest BCUT2D eigenvalue weighted by atomic mass is 35.5. The molecule has 0 radical (unpaired) electrons. The summed E-state index contributed by atoms with van der Waals surface area (Å²) in [6, 6.07) is 13.9. The Bertz CT molecular complexity index is 487. The SMILES string of the molecule is CCc1cc(Cl)ccc1-c1ccc(Cl)cc1. The Morgan fingerprint density at radius 2 is 1.50 bits per heavy atom. The van der Waals surface area contributed by atoms with Crippen molar-refractivity contribution in [3.05, 3.63) is 58.1 Å². The van der Waals surface area contributed by atoms with Crippen molar-refractivity contribution in [2.75, 3.05) is 0 Å². The standard InChI is InChI=1S/C14H12Cl2/c1-2-10-9-13(16)7-8-14(10)11-3-5-12(15)6-4-11/h3-9H,2H2,1H3. The average Bonchev–Trinajstić information content (AvgIpc) is 2.30. The summed E-state index contributed by atoms with van der Waals surface area (Å²) in [7, 11) is 0. The van der Waals surface area contributed by atoms with E-state index >= 15 is 0 Å². The van der Waals surface area contributed by atoms with Crippen LogP contribution in [0.4, 0.5) is 0 Å². The van der Waals surface area contributed by atoms with Crippen LogP contribution in [0.5, 0.6) is 0 Å². The van der Waals surface area contributed by atoms with Gasteiger partial charge in [0.25, 0.3) is 0 Å². The van der Waals surface area contributed by atoms with Crippen LogP contribution in [0.3, 0.4) is 0 Å². The second-order valence-electron chi connectivity index (χ2n) is 3.66. The Kier molecular flexibility index (Phi) is 3.52. The van der Waals surface area contributed by atoms with Crippen LogP contribution in [0.2, 0.25) is 10.0 Å². The quantitative estimate of drug-likeness (QED) is 0.686. The molecule has 16 heavy (non-hydrogen) atoms. The molecule has 0 aromatic heterocycles. The third kappa shape index (κ3) is 2.40. The van der Waals surface area contributed by atoms with E-state index in [2.05, 4.69) is 13.0 Å². The molecule has 0 atom stereocenters. The number of aryl methyl sites for hydroxylation is 1. The minimum absolute atomic E-state index is 0.760. The zero-order valence-electron chi connectivity index (χ0n) is 9.00. The molecule has 0 unspecified atom stereocenters. The van der Waals surface area contributed by atoms with Gasteiger partial charge in [0.1, 0.15) is 0 Å². The fourth-order valence-electron chi connectivity index (χ4n) is 1.77. The molecule has 0 amide bonds. The highest BCUT2D eigenvalue weighted by Gasteiger charge is 2.04. The lowest BCUT2D eigenvalue weighted by atomic mass is 9.98. The molecular formula is C14H12Cl2. The van der Waals surface area contributed by atoms with Crippen molar-refractivity contribution in [2.24, 2.45) is 0 Å². The van der Waals surface area contributed by atoms with Gasteiger partial charge in [-0.25, -0.2) is 0 Å². The van der Waals surface area contributed by atoms with Crippen molar-refractivity contribution in [3.8, 4) is 11.1 Å². The van der Waals surface area contributed by atoms with Gasteiger partial charge < -0.3 is 0 Å². The summed E-state index contributed by atoms with van der Waals surface area (Å²) < 4.78 is 0. The summed E-state index contributed by atoms with van der Waals surface area (Å²) in [4.78, 5) is 0. The fourth-order valence-corrected chi connectivity index (χ4v) is 2.09. The number of benzene rings is 2. The van der Waals surface area contributed by atoms with Crippen molar-refractivity contribution in [3.63, 3.8) is 0 Å². The predicted octanol–water partition coefficient (Wildman–Crippen LogP) is 5.22. The minimum atomic E-state index is 0.760. The summed E-state index contributed by atoms with van der Waals surface area (Å²) in [5.74, 6) is 0. The summed E-state index contributed by atoms with van der Waals surface area (Å²) in [5.41, 5.74) is 3.66. The molecule has 0 N–H and O–H groups in total. The third-order valence-electron chi connectivity index (χ3n) is 2.60. The minimum Gasteiger partial charge on any atom is -0.0843 e. The summed E-state index contributed by atoms with van der Waals surface area (Å²) in [5, 5.41) is 1.55. The van der Waals surface area contributed by atoms with E-state index in [9.17, 15) is 0 Å². The van der Waals surface area contributed by atoms with Gasteiger partial charge >= 0.3 is 0 Å². The van der Waals surface area contributed by atoms with Crippen LogP contribution in [-0.2, 0) is 6.42 Å². The number of halogens is 2.